The summed E-state index contributed by atoms with van der Waals surface area (Å²) < 4.78 is 12.9. The van der Waals surface area contributed by atoms with E-state index in [1.807, 2.05) is 0 Å². The molecule has 0 saturated heterocycles. The first-order valence-electron chi connectivity index (χ1n) is 5.28. The van der Waals surface area contributed by atoms with Crippen LogP contribution in [0, 0.1) is 5.82 Å². The van der Waals surface area contributed by atoms with Crippen LogP contribution in [-0.4, -0.2) is 5.78 Å². The second-order valence-corrected chi connectivity index (χ2v) is 3.85. The lowest BCUT2D eigenvalue weighted by Gasteiger charge is -2.02. The van der Waals surface area contributed by atoms with Crippen molar-refractivity contribution in [1.82, 2.24) is 0 Å². The molecule has 0 amide bonds. The van der Waals surface area contributed by atoms with Gasteiger partial charge in [0.1, 0.15) is 5.82 Å². The topological polar surface area (TPSA) is 43.1 Å². The molecule has 2 aromatic rings. The average molecular weight is 229 g/mol. The van der Waals surface area contributed by atoms with Crippen molar-refractivity contribution >= 4 is 11.5 Å². The van der Waals surface area contributed by atoms with Crippen molar-refractivity contribution in [3.8, 4) is 0 Å². The highest BCUT2D eigenvalue weighted by Crippen LogP contribution is 2.11. The van der Waals surface area contributed by atoms with Gasteiger partial charge in [-0.1, -0.05) is 12.1 Å². The van der Waals surface area contributed by atoms with Crippen molar-refractivity contribution in [3.63, 3.8) is 0 Å². The van der Waals surface area contributed by atoms with E-state index in [0.29, 0.717) is 16.8 Å². The Morgan fingerprint density at radius 2 is 1.82 bits per heavy atom. The lowest BCUT2D eigenvalue weighted by atomic mass is 10.0. The van der Waals surface area contributed by atoms with E-state index in [2.05, 4.69) is 0 Å². The number of carbonyl (C=O) groups excluding carboxylic acids is 1. The highest BCUT2D eigenvalue weighted by molar-refractivity contribution is 5.97. The number of nitrogens with two attached hydrogens (primary N) is 1. The molecular formula is C14H12FNO. The van der Waals surface area contributed by atoms with E-state index >= 15 is 0 Å². The molecule has 3 heteroatoms. The molecule has 0 radical (unpaired) electrons. The summed E-state index contributed by atoms with van der Waals surface area (Å²) in [7, 11) is 0. The standard InChI is InChI=1S/C14H12FNO/c15-12-3-1-2-10(8-12)9-14(17)11-4-6-13(16)7-5-11/h1-8H,9,16H2. The van der Waals surface area contributed by atoms with Crippen LogP contribution in [0.1, 0.15) is 15.9 Å². The molecular weight excluding hydrogens is 217 g/mol. The summed E-state index contributed by atoms with van der Waals surface area (Å²) in [6, 6.07) is 12.8. The van der Waals surface area contributed by atoms with Crippen molar-refractivity contribution in [2.75, 3.05) is 5.73 Å². The molecule has 2 aromatic carbocycles. The summed E-state index contributed by atoms with van der Waals surface area (Å²) in [4.78, 5) is 11.9. The number of rotatable bonds is 3. The molecule has 2 rings (SSSR count). The van der Waals surface area contributed by atoms with Gasteiger partial charge in [0.15, 0.2) is 5.78 Å². The Bertz CT molecular complexity index is 534. The molecule has 0 aliphatic carbocycles. The Hall–Kier alpha value is -2.16. The summed E-state index contributed by atoms with van der Waals surface area (Å²) in [6.45, 7) is 0. The van der Waals surface area contributed by atoms with Gasteiger partial charge in [-0.3, -0.25) is 4.79 Å². The number of Topliss-reactive ketones (excluding diaryl/α,β-unsaturated/α-hetero) is 1. The quantitative estimate of drug-likeness (QED) is 0.649. The van der Waals surface area contributed by atoms with Crippen LogP contribution in [0.25, 0.3) is 0 Å². The minimum Gasteiger partial charge on any atom is -0.399 e. The summed E-state index contributed by atoms with van der Waals surface area (Å²) in [5.74, 6) is -0.372. The molecule has 0 heterocycles. The van der Waals surface area contributed by atoms with Crippen LogP contribution in [0.15, 0.2) is 48.5 Å². The maximum Gasteiger partial charge on any atom is 0.167 e. The van der Waals surface area contributed by atoms with Crippen LogP contribution in [0.3, 0.4) is 0 Å². The Balaban J connectivity index is 2.14. The van der Waals surface area contributed by atoms with Gasteiger partial charge in [0.05, 0.1) is 0 Å². The first kappa shape index (κ1) is 11.3. The smallest absolute Gasteiger partial charge is 0.167 e. The summed E-state index contributed by atoms with van der Waals surface area (Å²) in [5, 5.41) is 0. The Labute approximate surface area is 98.9 Å². The van der Waals surface area contributed by atoms with E-state index in [-0.39, 0.29) is 18.0 Å². The molecule has 2 N–H and O–H groups in total. The van der Waals surface area contributed by atoms with E-state index in [4.69, 9.17) is 5.73 Å². The van der Waals surface area contributed by atoms with E-state index < -0.39 is 0 Å². The average Bonchev–Trinajstić information content (AvgIpc) is 2.29. The van der Waals surface area contributed by atoms with Crippen molar-refractivity contribution < 1.29 is 9.18 Å². The molecule has 0 spiro atoms. The molecule has 0 bridgehead atoms. The van der Waals surface area contributed by atoms with Crippen LogP contribution < -0.4 is 5.73 Å². The molecule has 0 fully saturated rings. The van der Waals surface area contributed by atoms with Gasteiger partial charge >= 0.3 is 0 Å². The maximum absolute atomic E-state index is 12.9. The van der Waals surface area contributed by atoms with E-state index in [0.717, 1.165) is 0 Å². The first-order valence-corrected chi connectivity index (χ1v) is 5.28. The Morgan fingerprint density at radius 3 is 2.47 bits per heavy atom. The molecule has 17 heavy (non-hydrogen) atoms. The molecule has 0 saturated carbocycles. The molecule has 86 valence electrons. The van der Waals surface area contributed by atoms with Gasteiger partial charge in [0.2, 0.25) is 0 Å². The maximum atomic E-state index is 12.9. The van der Waals surface area contributed by atoms with Crippen LogP contribution in [0.5, 0.6) is 0 Å². The fourth-order valence-electron chi connectivity index (χ4n) is 1.60. The van der Waals surface area contributed by atoms with Crippen molar-refractivity contribution in [3.05, 3.63) is 65.5 Å². The number of hydrogen-bond donors (Lipinski definition) is 1. The normalized spacial score (nSPS) is 10.2. The highest BCUT2D eigenvalue weighted by Gasteiger charge is 2.07. The molecule has 0 atom stereocenters. The van der Waals surface area contributed by atoms with E-state index in [9.17, 15) is 9.18 Å². The third-order valence-corrected chi connectivity index (χ3v) is 2.49. The van der Waals surface area contributed by atoms with Crippen molar-refractivity contribution in [2.24, 2.45) is 0 Å². The zero-order valence-corrected chi connectivity index (χ0v) is 9.19. The van der Waals surface area contributed by atoms with Crippen LogP contribution in [0.2, 0.25) is 0 Å². The van der Waals surface area contributed by atoms with Gasteiger partial charge in [-0.05, 0) is 42.0 Å². The molecule has 0 aliphatic heterocycles. The second kappa shape index (κ2) is 4.78. The van der Waals surface area contributed by atoms with E-state index in [1.165, 1.54) is 12.1 Å². The zero-order chi connectivity index (χ0) is 12.3. The summed E-state index contributed by atoms with van der Waals surface area (Å²) in [5.41, 5.74) is 7.42. The van der Waals surface area contributed by atoms with Crippen LogP contribution in [0.4, 0.5) is 10.1 Å². The Morgan fingerprint density at radius 1 is 1.12 bits per heavy atom. The van der Waals surface area contributed by atoms with Gasteiger partial charge in [-0.25, -0.2) is 4.39 Å². The van der Waals surface area contributed by atoms with E-state index in [1.54, 1.807) is 36.4 Å². The number of benzene rings is 2. The number of halogens is 1. The fraction of sp³-hybridized carbons (Fsp3) is 0.0714. The molecule has 0 aromatic heterocycles. The predicted octanol–water partition coefficient (Wildman–Crippen LogP) is 2.83. The van der Waals surface area contributed by atoms with Crippen LogP contribution in [-0.2, 0) is 6.42 Å². The minimum absolute atomic E-state index is 0.0457. The van der Waals surface area contributed by atoms with Crippen molar-refractivity contribution in [1.29, 1.82) is 0 Å². The number of carbonyl (C=O) groups is 1. The largest absolute Gasteiger partial charge is 0.399 e. The number of nitrogen functional groups attached to an aromatic ring is 1. The third kappa shape index (κ3) is 2.91. The van der Waals surface area contributed by atoms with Gasteiger partial charge in [0.25, 0.3) is 0 Å². The lowest BCUT2D eigenvalue weighted by Crippen LogP contribution is -2.03. The number of ketones is 1. The Kier molecular flexibility index (Phi) is 3.19. The first-order chi connectivity index (χ1) is 8.15. The van der Waals surface area contributed by atoms with Gasteiger partial charge in [-0.2, -0.15) is 0 Å². The second-order valence-electron chi connectivity index (χ2n) is 3.85. The highest BCUT2D eigenvalue weighted by atomic mass is 19.1. The van der Waals surface area contributed by atoms with Gasteiger partial charge < -0.3 is 5.73 Å². The van der Waals surface area contributed by atoms with Gasteiger partial charge in [-0.15, -0.1) is 0 Å². The lowest BCUT2D eigenvalue weighted by molar-refractivity contribution is 0.0993. The number of anilines is 1. The van der Waals surface area contributed by atoms with Crippen molar-refractivity contribution in [2.45, 2.75) is 6.42 Å². The third-order valence-electron chi connectivity index (χ3n) is 2.49. The predicted molar refractivity (Wildman–Crippen MR) is 65.3 cm³/mol. The zero-order valence-electron chi connectivity index (χ0n) is 9.19. The fourth-order valence-corrected chi connectivity index (χ4v) is 1.60. The molecule has 0 aliphatic rings. The minimum atomic E-state index is -0.326. The molecule has 0 unspecified atom stereocenters. The summed E-state index contributed by atoms with van der Waals surface area (Å²) in [6.07, 6.45) is 0.196. The van der Waals surface area contributed by atoms with Crippen LogP contribution >= 0.6 is 0 Å². The number of hydrogen-bond acceptors (Lipinski definition) is 2. The SMILES string of the molecule is Nc1ccc(C(=O)Cc2cccc(F)c2)cc1. The van der Waals surface area contributed by atoms with Gasteiger partial charge in [0, 0.05) is 17.7 Å². The monoisotopic (exact) mass is 229 g/mol. The molecule has 2 nitrogen and oxygen atoms in total. The summed E-state index contributed by atoms with van der Waals surface area (Å²) >= 11 is 0.